The zero-order chi connectivity index (χ0) is 11.5. The van der Waals surface area contributed by atoms with Crippen molar-refractivity contribution in [1.82, 2.24) is 4.90 Å². The lowest BCUT2D eigenvalue weighted by Gasteiger charge is -2.06. The van der Waals surface area contributed by atoms with Gasteiger partial charge in [-0.1, -0.05) is 23.2 Å². The molecule has 16 heavy (non-hydrogen) atoms. The van der Waals surface area contributed by atoms with Gasteiger partial charge < -0.3 is 10.2 Å². The maximum absolute atomic E-state index is 11.5. The summed E-state index contributed by atoms with van der Waals surface area (Å²) in [7, 11) is 0. The standard InChI is InChI=1S/C11H12Cl2N2O/c12-9-2-1-8(7-10(9)13)14-11(16)3-4-15-5-6-15/h1-2,7H,3-6H2,(H,14,16). The molecule has 1 aliphatic rings. The van der Waals surface area contributed by atoms with E-state index >= 15 is 0 Å². The summed E-state index contributed by atoms with van der Waals surface area (Å²) < 4.78 is 0. The van der Waals surface area contributed by atoms with Crippen LogP contribution in [0.3, 0.4) is 0 Å². The minimum absolute atomic E-state index is 0.00490. The summed E-state index contributed by atoms with van der Waals surface area (Å²) in [5, 5.41) is 3.72. The number of halogens is 2. The highest BCUT2D eigenvalue weighted by Crippen LogP contribution is 2.25. The number of nitrogens with zero attached hydrogens (tertiary/aromatic N) is 1. The van der Waals surface area contributed by atoms with Crippen molar-refractivity contribution in [3.8, 4) is 0 Å². The third-order valence-corrected chi connectivity index (χ3v) is 3.14. The number of hydrogen-bond acceptors (Lipinski definition) is 2. The Labute approximate surface area is 104 Å². The normalized spacial score (nSPS) is 14.9. The molecule has 0 saturated carbocycles. The second-order valence-corrected chi connectivity index (χ2v) is 4.58. The summed E-state index contributed by atoms with van der Waals surface area (Å²) >= 11 is 11.6. The van der Waals surface area contributed by atoms with Gasteiger partial charge in [0.15, 0.2) is 0 Å². The van der Waals surface area contributed by atoms with Crippen molar-refractivity contribution in [2.75, 3.05) is 25.0 Å². The van der Waals surface area contributed by atoms with Crippen LogP contribution in [-0.2, 0) is 4.79 Å². The predicted molar refractivity (Wildman–Crippen MR) is 66.1 cm³/mol. The van der Waals surface area contributed by atoms with Crippen LogP contribution in [0.4, 0.5) is 5.69 Å². The Hall–Kier alpha value is -0.770. The second-order valence-electron chi connectivity index (χ2n) is 3.77. The number of anilines is 1. The molecular weight excluding hydrogens is 247 g/mol. The second kappa shape index (κ2) is 5.04. The van der Waals surface area contributed by atoms with Gasteiger partial charge in [0.2, 0.25) is 5.91 Å². The molecule has 0 unspecified atom stereocenters. The fourth-order valence-electron chi connectivity index (χ4n) is 1.35. The van der Waals surface area contributed by atoms with Gasteiger partial charge in [-0.15, -0.1) is 0 Å². The molecule has 1 aliphatic heterocycles. The highest BCUT2D eigenvalue weighted by molar-refractivity contribution is 6.42. The van der Waals surface area contributed by atoms with Crippen LogP contribution in [0.2, 0.25) is 10.0 Å². The Balaban J connectivity index is 1.86. The van der Waals surface area contributed by atoms with Crippen LogP contribution in [0.15, 0.2) is 18.2 Å². The van der Waals surface area contributed by atoms with Crippen molar-refractivity contribution in [2.24, 2.45) is 0 Å². The molecule has 1 aromatic carbocycles. The maximum Gasteiger partial charge on any atom is 0.225 e. The van der Waals surface area contributed by atoms with Crippen molar-refractivity contribution < 1.29 is 4.79 Å². The Morgan fingerprint density at radius 1 is 1.31 bits per heavy atom. The highest BCUT2D eigenvalue weighted by Gasteiger charge is 2.17. The van der Waals surface area contributed by atoms with Gasteiger partial charge in [0.25, 0.3) is 0 Å². The molecule has 0 aliphatic carbocycles. The lowest BCUT2D eigenvalue weighted by molar-refractivity contribution is -0.116. The summed E-state index contributed by atoms with van der Waals surface area (Å²) in [5.41, 5.74) is 0.685. The molecule has 1 amide bonds. The Kier molecular flexibility index (Phi) is 3.69. The number of carbonyl (C=O) groups is 1. The van der Waals surface area contributed by atoms with E-state index in [1.807, 2.05) is 0 Å². The van der Waals surface area contributed by atoms with E-state index in [9.17, 15) is 4.79 Å². The molecule has 0 aromatic heterocycles. The molecule has 2 rings (SSSR count). The van der Waals surface area contributed by atoms with Crippen LogP contribution >= 0.6 is 23.2 Å². The quantitative estimate of drug-likeness (QED) is 0.843. The molecule has 1 aromatic rings. The molecule has 3 nitrogen and oxygen atoms in total. The van der Waals surface area contributed by atoms with Crippen LogP contribution in [0.25, 0.3) is 0 Å². The molecule has 86 valence electrons. The number of hydrogen-bond donors (Lipinski definition) is 1. The van der Waals surface area contributed by atoms with Crippen LogP contribution < -0.4 is 5.32 Å². The molecule has 0 radical (unpaired) electrons. The van der Waals surface area contributed by atoms with E-state index in [1.54, 1.807) is 18.2 Å². The lowest BCUT2D eigenvalue weighted by Crippen LogP contribution is -2.15. The van der Waals surface area contributed by atoms with E-state index in [-0.39, 0.29) is 5.91 Å². The molecule has 1 heterocycles. The van der Waals surface area contributed by atoms with Gasteiger partial charge in [-0.05, 0) is 18.2 Å². The Morgan fingerprint density at radius 2 is 2.06 bits per heavy atom. The van der Waals surface area contributed by atoms with E-state index in [1.165, 1.54) is 0 Å². The van der Waals surface area contributed by atoms with Crippen molar-refractivity contribution in [3.05, 3.63) is 28.2 Å². The molecule has 1 N–H and O–H groups in total. The van der Waals surface area contributed by atoms with Gasteiger partial charge in [0.1, 0.15) is 0 Å². The largest absolute Gasteiger partial charge is 0.326 e. The first-order chi connectivity index (χ1) is 7.65. The predicted octanol–water partition coefficient (Wildman–Crippen LogP) is 2.64. The van der Waals surface area contributed by atoms with Gasteiger partial charge in [-0.25, -0.2) is 0 Å². The van der Waals surface area contributed by atoms with Crippen molar-refractivity contribution in [2.45, 2.75) is 6.42 Å². The summed E-state index contributed by atoms with van der Waals surface area (Å²) in [6, 6.07) is 5.06. The van der Waals surface area contributed by atoms with E-state index in [0.29, 0.717) is 22.2 Å². The first kappa shape index (κ1) is 11.7. The smallest absolute Gasteiger partial charge is 0.225 e. The summed E-state index contributed by atoms with van der Waals surface area (Å²) in [6.45, 7) is 3.05. The van der Waals surface area contributed by atoms with Crippen molar-refractivity contribution in [1.29, 1.82) is 0 Å². The average Bonchev–Trinajstić information content (AvgIpc) is 3.04. The first-order valence-electron chi connectivity index (χ1n) is 5.12. The number of rotatable bonds is 4. The van der Waals surface area contributed by atoms with E-state index in [2.05, 4.69) is 10.2 Å². The van der Waals surface area contributed by atoms with E-state index < -0.39 is 0 Å². The van der Waals surface area contributed by atoms with Crippen LogP contribution in [-0.4, -0.2) is 30.4 Å². The number of carbonyl (C=O) groups excluding carboxylic acids is 1. The summed E-state index contributed by atoms with van der Waals surface area (Å²) in [6.07, 6.45) is 0.514. The van der Waals surface area contributed by atoms with Crippen molar-refractivity contribution in [3.63, 3.8) is 0 Å². The van der Waals surface area contributed by atoms with Crippen LogP contribution in [0.5, 0.6) is 0 Å². The molecule has 0 atom stereocenters. The van der Waals surface area contributed by atoms with E-state index in [0.717, 1.165) is 19.6 Å². The SMILES string of the molecule is O=C(CCN1CC1)Nc1ccc(Cl)c(Cl)c1. The fourth-order valence-corrected chi connectivity index (χ4v) is 1.65. The topological polar surface area (TPSA) is 32.1 Å². The van der Waals surface area contributed by atoms with Gasteiger partial charge in [-0.2, -0.15) is 0 Å². The molecule has 1 fully saturated rings. The highest BCUT2D eigenvalue weighted by atomic mass is 35.5. The van der Waals surface area contributed by atoms with E-state index in [4.69, 9.17) is 23.2 Å². The third-order valence-electron chi connectivity index (χ3n) is 2.40. The Morgan fingerprint density at radius 3 is 2.69 bits per heavy atom. The molecule has 0 bridgehead atoms. The zero-order valence-electron chi connectivity index (χ0n) is 8.67. The Bertz CT molecular complexity index is 405. The maximum atomic E-state index is 11.5. The molecule has 1 saturated heterocycles. The minimum Gasteiger partial charge on any atom is -0.326 e. The fraction of sp³-hybridized carbons (Fsp3) is 0.364. The summed E-state index contributed by atoms with van der Waals surface area (Å²) in [4.78, 5) is 13.7. The molecule has 0 spiro atoms. The minimum atomic E-state index is 0.00490. The number of benzene rings is 1. The van der Waals surface area contributed by atoms with Gasteiger partial charge >= 0.3 is 0 Å². The first-order valence-corrected chi connectivity index (χ1v) is 5.88. The van der Waals surface area contributed by atoms with Crippen LogP contribution in [0, 0.1) is 0 Å². The van der Waals surface area contributed by atoms with Crippen molar-refractivity contribution >= 4 is 34.8 Å². The third kappa shape index (κ3) is 3.37. The zero-order valence-corrected chi connectivity index (χ0v) is 10.2. The van der Waals surface area contributed by atoms with Crippen LogP contribution in [0.1, 0.15) is 6.42 Å². The monoisotopic (exact) mass is 258 g/mol. The van der Waals surface area contributed by atoms with Gasteiger partial charge in [0, 0.05) is 31.7 Å². The number of amides is 1. The summed E-state index contributed by atoms with van der Waals surface area (Å²) in [5.74, 6) is 0.00490. The molecular formula is C11H12Cl2N2O. The lowest BCUT2D eigenvalue weighted by atomic mass is 10.3. The average molecular weight is 259 g/mol. The van der Waals surface area contributed by atoms with Gasteiger partial charge in [-0.3, -0.25) is 4.79 Å². The number of nitrogens with one attached hydrogen (secondary N) is 1. The molecule has 5 heteroatoms. The van der Waals surface area contributed by atoms with Gasteiger partial charge in [0.05, 0.1) is 10.0 Å².